The van der Waals surface area contributed by atoms with E-state index in [1.165, 1.54) is 13.3 Å². The summed E-state index contributed by atoms with van der Waals surface area (Å²) in [5.74, 6) is 0.530. The van der Waals surface area contributed by atoms with E-state index in [-0.39, 0.29) is 12.7 Å². The van der Waals surface area contributed by atoms with Crippen LogP contribution >= 0.6 is 0 Å². The Kier molecular flexibility index (Phi) is 4.98. The molecule has 0 spiro atoms. The summed E-state index contributed by atoms with van der Waals surface area (Å²) >= 11 is 0. The van der Waals surface area contributed by atoms with E-state index in [1.54, 1.807) is 54.7 Å². The Morgan fingerprint density at radius 1 is 0.897 bits per heavy atom. The van der Waals surface area contributed by atoms with Gasteiger partial charge in [0.1, 0.15) is 0 Å². The van der Waals surface area contributed by atoms with Crippen LogP contribution in [0.4, 0.5) is 17.1 Å². The molecule has 0 atom stereocenters. The minimum atomic E-state index is -0.402. The van der Waals surface area contributed by atoms with Gasteiger partial charge >= 0.3 is 5.97 Å². The quantitative estimate of drug-likeness (QED) is 0.641. The van der Waals surface area contributed by atoms with Crippen molar-refractivity contribution in [3.63, 3.8) is 0 Å². The van der Waals surface area contributed by atoms with Gasteiger partial charge in [-0.2, -0.15) is 0 Å². The topological polar surface area (TPSA) is 98.8 Å². The first-order valence-corrected chi connectivity index (χ1v) is 8.74. The monoisotopic (exact) mass is 391 g/mol. The number of aromatic nitrogens is 1. The molecule has 1 amide bonds. The van der Waals surface area contributed by atoms with Crippen LogP contribution in [0.2, 0.25) is 0 Å². The molecule has 0 unspecified atom stereocenters. The molecule has 0 bridgehead atoms. The number of anilines is 3. The summed E-state index contributed by atoms with van der Waals surface area (Å²) in [5.41, 5.74) is 2.81. The Hall–Kier alpha value is -4.07. The third-order valence-corrected chi connectivity index (χ3v) is 4.23. The van der Waals surface area contributed by atoms with E-state index in [0.29, 0.717) is 34.0 Å². The van der Waals surface area contributed by atoms with Gasteiger partial charge in [-0.15, -0.1) is 0 Å². The molecule has 2 heterocycles. The molecule has 1 aliphatic rings. The van der Waals surface area contributed by atoms with Gasteiger partial charge in [-0.1, -0.05) is 0 Å². The van der Waals surface area contributed by atoms with E-state index >= 15 is 0 Å². The fraction of sp³-hybridized carbons (Fsp3) is 0.0952. The summed E-state index contributed by atoms with van der Waals surface area (Å²) < 4.78 is 15.3. The average molecular weight is 391 g/mol. The van der Waals surface area contributed by atoms with Crippen LogP contribution < -0.4 is 20.1 Å². The molecular formula is C21H17N3O5. The third kappa shape index (κ3) is 4.11. The number of amides is 1. The first-order valence-electron chi connectivity index (χ1n) is 8.74. The van der Waals surface area contributed by atoms with Crippen molar-refractivity contribution in [2.75, 3.05) is 24.5 Å². The van der Waals surface area contributed by atoms with Crippen molar-refractivity contribution in [2.24, 2.45) is 0 Å². The number of hydrogen-bond donors (Lipinski definition) is 2. The van der Waals surface area contributed by atoms with Gasteiger partial charge in [0.15, 0.2) is 11.5 Å². The summed E-state index contributed by atoms with van der Waals surface area (Å²) in [7, 11) is 1.33. The second kappa shape index (κ2) is 7.89. The highest BCUT2D eigenvalue weighted by atomic mass is 16.7. The van der Waals surface area contributed by atoms with Gasteiger partial charge in [0.2, 0.25) is 6.79 Å². The number of nitrogens with zero attached hydrogens (tertiary/aromatic N) is 1. The van der Waals surface area contributed by atoms with Crippen LogP contribution in [-0.2, 0) is 4.74 Å². The maximum Gasteiger partial charge on any atom is 0.337 e. The molecule has 0 fully saturated rings. The van der Waals surface area contributed by atoms with Crippen molar-refractivity contribution in [1.29, 1.82) is 0 Å². The number of nitrogens with one attached hydrogen (secondary N) is 2. The molecule has 29 heavy (non-hydrogen) atoms. The minimum Gasteiger partial charge on any atom is -0.465 e. The molecule has 2 N–H and O–H groups in total. The lowest BCUT2D eigenvalue weighted by Crippen LogP contribution is -2.12. The fourth-order valence-corrected chi connectivity index (χ4v) is 2.78. The number of esters is 1. The van der Waals surface area contributed by atoms with Gasteiger partial charge in [0, 0.05) is 23.6 Å². The van der Waals surface area contributed by atoms with Crippen LogP contribution in [-0.4, -0.2) is 30.8 Å². The highest BCUT2D eigenvalue weighted by Gasteiger charge is 2.15. The zero-order valence-corrected chi connectivity index (χ0v) is 15.5. The van der Waals surface area contributed by atoms with E-state index in [2.05, 4.69) is 20.4 Å². The maximum atomic E-state index is 12.6. The second-order valence-electron chi connectivity index (χ2n) is 6.18. The Morgan fingerprint density at radius 2 is 1.66 bits per heavy atom. The SMILES string of the molecule is COC(=O)c1ccc(Nc2cncc(C(=O)Nc3ccc4c(c3)OCO4)c2)cc1. The van der Waals surface area contributed by atoms with Crippen LogP contribution in [0.25, 0.3) is 0 Å². The van der Waals surface area contributed by atoms with Crippen LogP contribution in [0.15, 0.2) is 60.9 Å². The Morgan fingerprint density at radius 3 is 2.45 bits per heavy atom. The van der Waals surface area contributed by atoms with Crippen molar-refractivity contribution in [1.82, 2.24) is 4.98 Å². The van der Waals surface area contributed by atoms with Crippen molar-refractivity contribution in [2.45, 2.75) is 0 Å². The van der Waals surface area contributed by atoms with Gasteiger partial charge in [0.05, 0.1) is 30.1 Å². The zero-order chi connectivity index (χ0) is 20.2. The standard InChI is InChI=1S/C21H17N3O5/c1-27-21(26)13-2-4-15(5-3-13)23-17-8-14(10-22-11-17)20(25)24-16-6-7-18-19(9-16)29-12-28-18/h2-11,23H,12H2,1H3,(H,24,25). The Labute approximate surface area is 166 Å². The smallest absolute Gasteiger partial charge is 0.337 e. The van der Waals surface area contributed by atoms with Crippen molar-refractivity contribution < 1.29 is 23.8 Å². The largest absolute Gasteiger partial charge is 0.465 e. The van der Waals surface area contributed by atoms with E-state index in [4.69, 9.17) is 9.47 Å². The number of ether oxygens (including phenoxy) is 3. The number of methoxy groups -OCH3 is 1. The number of pyridine rings is 1. The van der Waals surface area contributed by atoms with Crippen molar-refractivity contribution >= 4 is 28.9 Å². The molecule has 0 aliphatic carbocycles. The molecule has 4 rings (SSSR count). The predicted octanol–water partition coefficient (Wildman–Crippen LogP) is 3.59. The number of benzene rings is 2. The summed E-state index contributed by atoms with van der Waals surface area (Å²) in [5, 5.41) is 5.96. The van der Waals surface area contributed by atoms with Crippen LogP contribution in [0, 0.1) is 0 Å². The number of carbonyl (C=O) groups excluding carboxylic acids is 2. The molecule has 0 saturated heterocycles. The normalized spacial score (nSPS) is 11.6. The molecular weight excluding hydrogens is 374 g/mol. The summed E-state index contributed by atoms with van der Waals surface area (Å²) in [6, 6.07) is 13.7. The van der Waals surface area contributed by atoms with E-state index in [9.17, 15) is 9.59 Å². The fourth-order valence-electron chi connectivity index (χ4n) is 2.78. The molecule has 8 heteroatoms. The lowest BCUT2D eigenvalue weighted by molar-refractivity contribution is 0.0600. The first-order chi connectivity index (χ1) is 14.1. The highest BCUT2D eigenvalue weighted by Crippen LogP contribution is 2.34. The van der Waals surface area contributed by atoms with E-state index < -0.39 is 5.97 Å². The number of rotatable bonds is 5. The summed E-state index contributed by atoms with van der Waals surface area (Å²) in [6.07, 6.45) is 3.08. The molecule has 0 radical (unpaired) electrons. The van der Waals surface area contributed by atoms with Crippen LogP contribution in [0.5, 0.6) is 11.5 Å². The van der Waals surface area contributed by atoms with E-state index in [0.717, 1.165) is 5.69 Å². The van der Waals surface area contributed by atoms with Gasteiger partial charge in [-0.3, -0.25) is 9.78 Å². The Bertz CT molecular complexity index is 1070. The predicted molar refractivity (Wildman–Crippen MR) is 106 cm³/mol. The molecule has 3 aromatic rings. The van der Waals surface area contributed by atoms with Gasteiger partial charge in [-0.05, 0) is 42.5 Å². The second-order valence-corrected chi connectivity index (χ2v) is 6.18. The Balaban J connectivity index is 1.45. The lowest BCUT2D eigenvalue weighted by atomic mass is 10.2. The van der Waals surface area contributed by atoms with Crippen molar-refractivity contribution in [3.8, 4) is 11.5 Å². The first kappa shape index (κ1) is 18.3. The molecule has 2 aromatic carbocycles. The molecule has 1 aliphatic heterocycles. The third-order valence-electron chi connectivity index (χ3n) is 4.23. The number of hydrogen-bond acceptors (Lipinski definition) is 7. The molecule has 1 aromatic heterocycles. The highest BCUT2D eigenvalue weighted by molar-refractivity contribution is 6.04. The van der Waals surface area contributed by atoms with Crippen molar-refractivity contribution in [3.05, 3.63) is 72.1 Å². The number of carbonyl (C=O) groups is 2. The minimum absolute atomic E-state index is 0.172. The summed E-state index contributed by atoms with van der Waals surface area (Å²) in [4.78, 5) is 28.2. The van der Waals surface area contributed by atoms with Crippen LogP contribution in [0.1, 0.15) is 20.7 Å². The van der Waals surface area contributed by atoms with E-state index in [1.807, 2.05) is 0 Å². The average Bonchev–Trinajstić information content (AvgIpc) is 3.22. The van der Waals surface area contributed by atoms with Crippen LogP contribution in [0.3, 0.4) is 0 Å². The van der Waals surface area contributed by atoms with Gasteiger partial charge in [0.25, 0.3) is 5.91 Å². The van der Waals surface area contributed by atoms with Gasteiger partial charge in [-0.25, -0.2) is 4.79 Å². The molecule has 8 nitrogen and oxygen atoms in total. The van der Waals surface area contributed by atoms with Gasteiger partial charge < -0.3 is 24.8 Å². The summed E-state index contributed by atoms with van der Waals surface area (Å²) in [6.45, 7) is 0.172. The molecule has 0 saturated carbocycles. The molecule has 146 valence electrons. The zero-order valence-electron chi connectivity index (χ0n) is 15.5. The number of fused-ring (bicyclic) bond motifs is 1. The lowest BCUT2D eigenvalue weighted by Gasteiger charge is -2.09. The maximum absolute atomic E-state index is 12.6.